The molecule has 28 heavy (non-hydrogen) atoms. The first-order chi connectivity index (χ1) is 13.4. The Morgan fingerprint density at radius 2 is 1.50 bits per heavy atom. The van der Waals surface area contributed by atoms with E-state index in [4.69, 9.17) is 4.42 Å². The minimum Gasteiger partial charge on any atom is -0.457 e. The van der Waals surface area contributed by atoms with Crippen LogP contribution in [0.25, 0.3) is 28.2 Å². The average Bonchev–Trinajstić information content (AvgIpc) is 3.17. The molecule has 0 aliphatic carbocycles. The van der Waals surface area contributed by atoms with Gasteiger partial charge in [-0.25, -0.2) is 4.79 Å². The maximum Gasteiger partial charge on any atom is 0.333 e. The molecule has 4 rings (SSSR count). The molecular formula is C21H15BrN2O4. The zero-order valence-corrected chi connectivity index (χ0v) is 16.7. The molecule has 2 heterocycles. The monoisotopic (exact) mass is 438 g/mol. The summed E-state index contributed by atoms with van der Waals surface area (Å²) in [7, 11) is 2.67. The third-order valence-electron chi connectivity index (χ3n) is 4.69. The predicted octanol–water partition coefficient (Wildman–Crippen LogP) is 4.30. The highest BCUT2D eigenvalue weighted by molar-refractivity contribution is 9.10. The molecular weight excluding hydrogens is 424 g/mol. The lowest BCUT2D eigenvalue weighted by atomic mass is 10.0. The van der Waals surface area contributed by atoms with Gasteiger partial charge in [0.05, 0.1) is 0 Å². The van der Waals surface area contributed by atoms with Crippen molar-refractivity contribution >= 4 is 50.6 Å². The van der Waals surface area contributed by atoms with E-state index in [0.29, 0.717) is 11.5 Å². The van der Waals surface area contributed by atoms with Crippen molar-refractivity contribution in [1.29, 1.82) is 0 Å². The molecule has 6 nitrogen and oxygen atoms in total. The van der Waals surface area contributed by atoms with Crippen molar-refractivity contribution in [2.24, 2.45) is 0 Å². The lowest BCUT2D eigenvalue weighted by molar-refractivity contribution is -0.134. The lowest BCUT2D eigenvalue weighted by Gasteiger charge is -2.28. The number of urea groups is 1. The van der Waals surface area contributed by atoms with Crippen LogP contribution in [0, 0.1) is 0 Å². The third-order valence-corrected chi connectivity index (χ3v) is 5.39. The summed E-state index contributed by atoms with van der Waals surface area (Å²) in [4.78, 5) is 38.3. The molecule has 1 fully saturated rings. The molecule has 0 bridgehead atoms. The SMILES string of the molecule is CN1C(=O)C(=Cc2ccc(-c3ccc(Br)c4ccccc34)o2)C(=O)N(C)C1=O. The molecule has 1 aliphatic heterocycles. The van der Waals surface area contributed by atoms with Gasteiger partial charge in [-0.1, -0.05) is 40.2 Å². The van der Waals surface area contributed by atoms with E-state index < -0.39 is 17.8 Å². The van der Waals surface area contributed by atoms with Crippen molar-refractivity contribution in [3.05, 3.63) is 64.3 Å². The quantitative estimate of drug-likeness (QED) is 0.441. The molecule has 3 aromatic rings. The van der Waals surface area contributed by atoms with Crippen molar-refractivity contribution in [2.75, 3.05) is 14.1 Å². The zero-order valence-electron chi connectivity index (χ0n) is 15.1. The summed E-state index contributed by atoms with van der Waals surface area (Å²) < 4.78 is 6.88. The number of imide groups is 2. The predicted molar refractivity (Wildman–Crippen MR) is 108 cm³/mol. The van der Waals surface area contributed by atoms with E-state index in [1.165, 1.54) is 20.2 Å². The molecule has 0 saturated carbocycles. The second kappa shape index (κ2) is 6.76. The molecule has 0 atom stereocenters. The van der Waals surface area contributed by atoms with E-state index in [-0.39, 0.29) is 5.57 Å². The van der Waals surface area contributed by atoms with E-state index in [9.17, 15) is 14.4 Å². The number of nitrogens with zero attached hydrogens (tertiary/aromatic N) is 2. The second-order valence-corrected chi connectivity index (χ2v) is 7.27. The van der Waals surface area contributed by atoms with Crippen molar-refractivity contribution < 1.29 is 18.8 Å². The standard InChI is InChI=1S/C21H15BrN2O4/c1-23-19(25)16(20(26)24(2)21(23)27)11-12-7-10-18(28-12)15-8-9-17(22)14-6-4-3-5-13(14)15/h3-11H,1-2H3. The maximum absolute atomic E-state index is 12.3. The van der Waals surface area contributed by atoms with E-state index in [0.717, 1.165) is 30.6 Å². The van der Waals surface area contributed by atoms with Crippen LogP contribution >= 0.6 is 15.9 Å². The third kappa shape index (κ3) is 2.84. The highest BCUT2D eigenvalue weighted by atomic mass is 79.9. The average molecular weight is 439 g/mol. The van der Waals surface area contributed by atoms with Gasteiger partial charge in [-0.3, -0.25) is 19.4 Å². The van der Waals surface area contributed by atoms with Gasteiger partial charge in [-0.05, 0) is 41.1 Å². The largest absolute Gasteiger partial charge is 0.457 e. The summed E-state index contributed by atoms with van der Waals surface area (Å²) in [6.45, 7) is 0. The van der Waals surface area contributed by atoms with Gasteiger partial charge in [0.15, 0.2) is 0 Å². The number of furan rings is 1. The number of barbiturate groups is 1. The van der Waals surface area contributed by atoms with E-state index in [1.807, 2.05) is 36.4 Å². The van der Waals surface area contributed by atoms with Crippen molar-refractivity contribution in [2.45, 2.75) is 0 Å². The first-order valence-electron chi connectivity index (χ1n) is 8.47. The lowest BCUT2D eigenvalue weighted by Crippen LogP contribution is -2.52. The first-order valence-corrected chi connectivity index (χ1v) is 9.27. The van der Waals surface area contributed by atoms with Crippen LogP contribution < -0.4 is 0 Å². The molecule has 1 aromatic heterocycles. The van der Waals surface area contributed by atoms with Crippen LogP contribution in [0.1, 0.15) is 5.76 Å². The summed E-state index contributed by atoms with van der Waals surface area (Å²) in [6.07, 6.45) is 1.37. The normalized spacial score (nSPS) is 15.0. The number of benzene rings is 2. The minimum absolute atomic E-state index is 0.119. The Balaban J connectivity index is 1.76. The summed E-state index contributed by atoms with van der Waals surface area (Å²) >= 11 is 3.55. The van der Waals surface area contributed by atoms with Crippen LogP contribution in [-0.2, 0) is 9.59 Å². The number of halogens is 1. The van der Waals surface area contributed by atoms with Crippen LogP contribution in [0.4, 0.5) is 4.79 Å². The minimum atomic E-state index is -0.659. The molecule has 4 amide bonds. The smallest absolute Gasteiger partial charge is 0.333 e. The molecule has 0 radical (unpaired) electrons. The zero-order chi connectivity index (χ0) is 20.0. The maximum atomic E-state index is 12.3. The van der Waals surface area contributed by atoms with E-state index >= 15 is 0 Å². The number of hydrogen-bond acceptors (Lipinski definition) is 4. The topological polar surface area (TPSA) is 70.8 Å². The van der Waals surface area contributed by atoms with Crippen molar-refractivity contribution in [3.8, 4) is 11.3 Å². The molecule has 7 heteroatoms. The van der Waals surface area contributed by atoms with Crippen molar-refractivity contribution in [1.82, 2.24) is 9.80 Å². The Labute approximate surface area is 169 Å². The fourth-order valence-electron chi connectivity index (χ4n) is 3.17. The van der Waals surface area contributed by atoms with Crippen molar-refractivity contribution in [3.63, 3.8) is 0 Å². The number of carbonyl (C=O) groups excluding carboxylic acids is 3. The van der Waals surface area contributed by atoms with Crippen LogP contribution in [0.3, 0.4) is 0 Å². The van der Waals surface area contributed by atoms with Crippen LogP contribution in [0.5, 0.6) is 0 Å². The van der Waals surface area contributed by atoms with Crippen LogP contribution in [-0.4, -0.2) is 41.7 Å². The summed E-state index contributed by atoms with van der Waals surface area (Å²) in [5.41, 5.74) is 0.778. The van der Waals surface area contributed by atoms with Crippen LogP contribution in [0.2, 0.25) is 0 Å². The molecule has 1 saturated heterocycles. The van der Waals surface area contributed by atoms with Gasteiger partial charge in [0.2, 0.25) is 0 Å². The number of fused-ring (bicyclic) bond motifs is 1. The Bertz CT molecular complexity index is 1150. The summed E-state index contributed by atoms with van der Waals surface area (Å²) in [5.74, 6) is -0.334. The van der Waals surface area contributed by atoms with E-state index in [2.05, 4.69) is 15.9 Å². The molecule has 140 valence electrons. The number of amides is 4. The number of carbonyl (C=O) groups is 3. The van der Waals surface area contributed by atoms with Gasteiger partial charge < -0.3 is 4.42 Å². The highest BCUT2D eigenvalue weighted by Gasteiger charge is 2.38. The molecule has 0 N–H and O–H groups in total. The Morgan fingerprint density at radius 3 is 2.18 bits per heavy atom. The molecule has 0 spiro atoms. The number of likely N-dealkylation sites (N-methyl/N-ethyl adjacent to an activating group) is 2. The number of hydrogen-bond donors (Lipinski definition) is 0. The Hall–Kier alpha value is -3.19. The van der Waals surface area contributed by atoms with Gasteiger partial charge in [0.1, 0.15) is 17.1 Å². The van der Waals surface area contributed by atoms with Gasteiger partial charge in [0.25, 0.3) is 11.8 Å². The molecule has 1 aliphatic rings. The summed E-state index contributed by atoms with van der Waals surface area (Å²) in [5, 5.41) is 2.07. The summed E-state index contributed by atoms with van der Waals surface area (Å²) in [6, 6.07) is 14.6. The van der Waals surface area contributed by atoms with E-state index in [1.54, 1.807) is 12.1 Å². The van der Waals surface area contributed by atoms with Crippen LogP contribution in [0.15, 0.2) is 63.0 Å². The fourth-order valence-corrected chi connectivity index (χ4v) is 3.65. The molecule has 0 unspecified atom stereocenters. The first kappa shape index (κ1) is 18.2. The Kier molecular flexibility index (Phi) is 4.39. The Morgan fingerprint density at radius 1 is 0.857 bits per heavy atom. The van der Waals surface area contributed by atoms with Gasteiger partial charge in [-0.15, -0.1) is 0 Å². The second-order valence-electron chi connectivity index (χ2n) is 6.41. The number of rotatable bonds is 2. The molecule has 2 aromatic carbocycles. The van der Waals surface area contributed by atoms with Gasteiger partial charge >= 0.3 is 6.03 Å². The fraction of sp³-hybridized carbons (Fsp3) is 0.0952. The van der Waals surface area contributed by atoms with Gasteiger partial charge in [0, 0.05) is 24.1 Å². The van der Waals surface area contributed by atoms with Gasteiger partial charge in [-0.2, -0.15) is 0 Å². The highest BCUT2D eigenvalue weighted by Crippen LogP contribution is 2.34.